The molecule has 2 heteroatoms. The lowest BCUT2D eigenvalue weighted by atomic mass is 10.1. The van der Waals surface area contributed by atoms with Crippen LogP contribution in [0.15, 0.2) is 36.9 Å². The second-order valence-corrected chi connectivity index (χ2v) is 4.00. The first-order valence-corrected chi connectivity index (χ1v) is 5.35. The summed E-state index contributed by atoms with van der Waals surface area (Å²) in [7, 11) is 0. The molecule has 78 valence electrons. The van der Waals surface area contributed by atoms with Crippen LogP contribution in [0, 0.1) is 13.8 Å². The van der Waals surface area contributed by atoms with Crippen LogP contribution in [0.1, 0.15) is 18.1 Å². The molecule has 1 aromatic heterocycles. The number of hydrogen-bond acceptors (Lipinski definition) is 0. The lowest BCUT2D eigenvalue weighted by Crippen LogP contribution is -2.28. The van der Waals surface area contributed by atoms with Crippen LogP contribution in [0.5, 0.6) is 0 Å². The molecule has 0 radical (unpaired) electrons. The summed E-state index contributed by atoms with van der Waals surface area (Å²) >= 11 is 0. The Morgan fingerprint density at radius 2 is 1.80 bits per heavy atom. The molecule has 0 bridgehead atoms. The van der Waals surface area contributed by atoms with Crippen LogP contribution in [0.2, 0.25) is 0 Å². The molecule has 0 saturated carbocycles. The highest BCUT2D eigenvalue weighted by Crippen LogP contribution is 2.12. The lowest BCUT2D eigenvalue weighted by molar-refractivity contribution is -0.692. The Labute approximate surface area is 90.8 Å². The summed E-state index contributed by atoms with van der Waals surface area (Å²) in [5.41, 5.74) is 3.85. The summed E-state index contributed by atoms with van der Waals surface area (Å²) in [5, 5.41) is 0. The van der Waals surface area contributed by atoms with Crippen molar-refractivity contribution in [1.29, 1.82) is 0 Å². The number of nitrogens with zero attached hydrogens (tertiary/aromatic N) is 2. The molecule has 15 heavy (non-hydrogen) atoms. The molecule has 0 aliphatic carbocycles. The zero-order chi connectivity index (χ0) is 10.8. The number of imidazole rings is 1. The fraction of sp³-hybridized carbons (Fsp3) is 0.308. The Balaban J connectivity index is 2.44. The molecule has 0 atom stereocenters. The lowest BCUT2D eigenvalue weighted by Gasteiger charge is -2.00. The third-order valence-electron chi connectivity index (χ3n) is 2.56. The average Bonchev–Trinajstić information content (AvgIpc) is 2.64. The molecule has 0 saturated heterocycles. The van der Waals surface area contributed by atoms with Crippen molar-refractivity contribution >= 4 is 0 Å². The third kappa shape index (κ3) is 2.09. The number of rotatable bonds is 2. The van der Waals surface area contributed by atoms with Gasteiger partial charge in [-0.15, -0.1) is 0 Å². The first kappa shape index (κ1) is 9.97. The van der Waals surface area contributed by atoms with E-state index in [4.69, 9.17) is 0 Å². The second-order valence-electron chi connectivity index (χ2n) is 4.00. The van der Waals surface area contributed by atoms with Gasteiger partial charge in [0.1, 0.15) is 18.1 Å². The predicted molar refractivity (Wildman–Crippen MR) is 61.1 cm³/mol. The molecule has 0 N–H and O–H groups in total. The highest BCUT2D eigenvalue weighted by Gasteiger charge is 2.05. The van der Waals surface area contributed by atoms with Crippen molar-refractivity contribution in [3.63, 3.8) is 0 Å². The number of aromatic nitrogens is 2. The maximum atomic E-state index is 2.20. The predicted octanol–water partition coefficient (Wildman–Crippen LogP) is 2.40. The third-order valence-corrected chi connectivity index (χ3v) is 2.56. The summed E-state index contributed by atoms with van der Waals surface area (Å²) in [6.45, 7) is 7.42. The van der Waals surface area contributed by atoms with E-state index in [2.05, 4.69) is 66.8 Å². The van der Waals surface area contributed by atoms with E-state index in [9.17, 15) is 0 Å². The van der Waals surface area contributed by atoms with Crippen molar-refractivity contribution in [3.8, 4) is 5.69 Å². The Morgan fingerprint density at radius 3 is 2.33 bits per heavy atom. The van der Waals surface area contributed by atoms with Crippen LogP contribution >= 0.6 is 0 Å². The van der Waals surface area contributed by atoms with E-state index >= 15 is 0 Å². The van der Waals surface area contributed by atoms with Gasteiger partial charge < -0.3 is 0 Å². The van der Waals surface area contributed by atoms with Gasteiger partial charge in [0.15, 0.2) is 0 Å². The highest BCUT2D eigenvalue weighted by atomic mass is 15.1. The van der Waals surface area contributed by atoms with Crippen LogP contribution in [0.25, 0.3) is 5.69 Å². The van der Waals surface area contributed by atoms with E-state index in [0.29, 0.717) is 0 Å². The summed E-state index contributed by atoms with van der Waals surface area (Å²) in [6.07, 6.45) is 6.31. The van der Waals surface area contributed by atoms with Crippen LogP contribution in [0.3, 0.4) is 0 Å². The Kier molecular flexibility index (Phi) is 2.58. The molecule has 2 nitrogen and oxygen atoms in total. The first-order chi connectivity index (χ1) is 7.19. The Hall–Kier alpha value is -1.57. The van der Waals surface area contributed by atoms with Crippen molar-refractivity contribution in [1.82, 2.24) is 4.57 Å². The van der Waals surface area contributed by atoms with Crippen LogP contribution in [-0.4, -0.2) is 4.57 Å². The van der Waals surface area contributed by atoms with Crippen molar-refractivity contribution < 1.29 is 4.57 Å². The Bertz CT molecular complexity index is 449. The fourth-order valence-electron chi connectivity index (χ4n) is 1.83. The van der Waals surface area contributed by atoms with Crippen molar-refractivity contribution in [2.45, 2.75) is 27.3 Å². The number of hydrogen-bond donors (Lipinski definition) is 0. The number of benzene rings is 1. The maximum Gasteiger partial charge on any atom is 0.248 e. The monoisotopic (exact) mass is 201 g/mol. The number of aryl methyl sites for hydroxylation is 3. The van der Waals surface area contributed by atoms with Gasteiger partial charge in [0.2, 0.25) is 6.33 Å². The molecule has 2 rings (SSSR count). The summed E-state index contributed by atoms with van der Waals surface area (Å²) in [6, 6.07) is 6.60. The molecule has 0 aliphatic heterocycles. The molecule has 0 unspecified atom stereocenters. The molecule has 1 heterocycles. The van der Waals surface area contributed by atoms with Crippen molar-refractivity contribution in [2.75, 3.05) is 0 Å². The van der Waals surface area contributed by atoms with Gasteiger partial charge in [0, 0.05) is 0 Å². The van der Waals surface area contributed by atoms with Crippen LogP contribution in [0.4, 0.5) is 0 Å². The van der Waals surface area contributed by atoms with Gasteiger partial charge in [-0.2, -0.15) is 0 Å². The zero-order valence-electron chi connectivity index (χ0n) is 9.57. The first-order valence-electron chi connectivity index (χ1n) is 5.35. The topological polar surface area (TPSA) is 8.81 Å². The van der Waals surface area contributed by atoms with Gasteiger partial charge in [-0.05, 0) is 44.0 Å². The largest absolute Gasteiger partial charge is 0.248 e. The summed E-state index contributed by atoms with van der Waals surface area (Å²) < 4.78 is 4.32. The molecule has 1 aromatic carbocycles. The maximum absolute atomic E-state index is 2.20. The molecular weight excluding hydrogens is 184 g/mol. The summed E-state index contributed by atoms with van der Waals surface area (Å²) in [5.74, 6) is 0. The van der Waals surface area contributed by atoms with E-state index in [1.165, 1.54) is 16.8 Å². The molecule has 0 aliphatic rings. The molecule has 0 amide bonds. The van der Waals surface area contributed by atoms with Gasteiger partial charge in [-0.25, -0.2) is 9.13 Å². The standard InChI is InChI=1S/C13H17N2/c1-4-14-5-6-15(10-14)13-8-11(2)7-12(3)9-13/h5-10H,4H2,1-3H3/q+1. The van der Waals surface area contributed by atoms with E-state index in [0.717, 1.165) is 6.54 Å². The minimum atomic E-state index is 1.01. The molecular formula is C13H17N2+. The second kappa shape index (κ2) is 3.89. The van der Waals surface area contributed by atoms with E-state index < -0.39 is 0 Å². The average molecular weight is 201 g/mol. The van der Waals surface area contributed by atoms with Crippen LogP contribution < -0.4 is 4.57 Å². The fourth-order valence-corrected chi connectivity index (χ4v) is 1.83. The van der Waals surface area contributed by atoms with E-state index in [-0.39, 0.29) is 0 Å². The normalized spacial score (nSPS) is 10.6. The van der Waals surface area contributed by atoms with Crippen molar-refractivity contribution in [2.24, 2.45) is 0 Å². The van der Waals surface area contributed by atoms with E-state index in [1.807, 2.05) is 0 Å². The van der Waals surface area contributed by atoms with Gasteiger partial charge >= 0.3 is 0 Å². The zero-order valence-corrected chi connectivity index (χ0v) is 9.57. The minimum absolute atomic E-state index is 1.01. The Morgan fingerprint density at radius 1 is 1.13 bits per heavy atom. The van der Waals surface area contributed by atoms with Gasteiger partial charge in [0.05, 0.1) is 6.54 Å². The van der Waals surface area contributed by atoms with Gasteiger partial charge in [0.25, 0.3) is 0 Å². The van der Waals surface area contributed by atoms with Gasteiger partial charge in [-0.3, -0.25) is 0 Å². The quantitative estimate of drug-likeness (QED) is 0.660. The molecule has 0 spiro atoms. The van der Waals surface area contributed by atoms with Gasteiger partial charge in [-0.1, -0.05) is 6.07 Å². The van der Waals surface area contributed by atoms with Crippen molar-refractivity contribution in [3.05, 3.63) is 48.0 Å². The van der Waals surface area contributed by atoms with Crippen LogP contribution in [-0.2, 0) is 6.54 Å². The SMILES string of the molecule is CC[n+]1ccn(-c2cc(C)cc(C)c2)c1. The van der Waals surface area contributed by atoms with E-state index in [1.54, 1.807) is 0 Å². The molecule has 0 fully saturated rings. The smallest absolute Gasteiger partial charge is 0.237 e. The minimum Gasteiger partial charge on any atom is -0.237 e. The summed E-state index contributed by atoms with van der Waals surface area (Å²) in [4.78, 5) is 0. The highest BCUT2D eigenvalue weighted by molar-refractivity contribution is 5.38. The molecule has 2 aromatic rings.